The Bertz CT molecular complexity index is 446. The number of aryl methyl sites for hydroxylation is 1. The van der Waals surface area contributed by atoms with Crippen molar-refractivity contribution in [1.29, 1.82) is 0 Å². The second-order valence-corrected chi connectivity index (χ2v) is 5.27. The van der Waals surface area contributed by atoms with Gasteiger partial charge < -0.3 is 15.4 Å². The molecule has 21 heavy (non-hydrogen) atoms. The van der Waals surface area contributed by atoms with E-state index in [4.69, 9.17) is 12.2 Å². The monoisotopic (exact) mass is 308 g/mol. The lowest BCUT2D eigenvalue weighted by Crippen LogP contribution is -2.29. The number of esters is 1. The van der Waals surface area contributed by atoms with Crippen molar-refractivity contribution in [2.24, 2.45) is 0 Å². The summed E-state index contributed by atoms with van der Waals surface area (Å²) < 4.78 is 4.58. The third-order valence-electron chi connectivity index (χ3n) is 3.10. The first-order valence-corrected chi connectivity index (χ1v) is 7.77. The number of nitrogens with one attached hydrogen (secondary N) is 2. The van der Waals surface area contributed by atoms with Crippen molar-refractivity contribution >= 4 is 29.0 Å². The molecule has 0 amide bonds. The molecule has 0 saturated heterocycles. The number of ether oxygens (including phenoxy) is 1. The van der Waals surface area contributed by atoms with Crippen LogP contribution in [-0.2, 0) is 16.0 Å². The predicted octanol–water partition coefficient (Wildman–Crippen LogP) is 3.27. The van der Waals surface area contributed by atoms with Gasteiger partial charge in [-0.2, -0.15) is 0 Å². The molecular formula is C16H24N2O2S. The molecule has 1 aromatic rings. The van der Waals surface area contributed by atoms with E-state index in [-0.39, 0.29) is 5.97 Å². The molecule has 0 atom stereocenters. The number of benzene rings is 1. The van der Waals surface area contributed by atoms with Gasteiger partial charge in [0.05, 0.1) is 7.11 Å². The van der Waals surface area contributed by atoms with E-state index in [1.807, 2.05) is 12.1 Å². The molecule has 0 aliphatic carbocycles. The Morgan fingerprint density at radius 2 is 1.95 bits per heavy atom. The van der Waals surface area contributed by atoms with Crippen LogP contribution in [0.5, 0.6) is 0 Å². The maximum atomic E-state index is 11.0. The maximum Gasteiger partial charge on any atom is 0.305 e. The number of rotatable bonds is 8. The fraction of sp³-hybridized carbons (Fsp3) is 0.500. The zero-order chi connectivity index (χ0) is 15.5. The fourth-order valence-corrected chi connectivity index (χ4v) is 2.07. The first-order chi connectivity index (χ1) is 10.2. The average molecular weight is 308 g/mol. The van der Waals surface area contributed by atoms with Crippen molar-refractivity contribution in [2.45, 2.75) is 39.0 Å². The Hall–Kier alpha value is -1.62. The van der Waals surface area contributed by atoms with Crippen LogP contribution in [0.25, 0.3) is 0 Å². The normalized spacial score (nSPS) is 10.0. The topological polar surface area (TPSA) is 50.4 Å². The summed E-state index contributed by atoms with van der Waals surface area (Å²) in [6.07, 6.45) is 4.64. The van der Waals surface area contributed by atoms with E-state index in [2.05, 4.69) is 34.4 Å². The highest BCUT2D eigenvalue weighted by Crippen LogP contribution is 2.11. The van der Waals surface area contributed by atoms with Crippen molar-refractivity contribution in [3.05, 3.63) is 29.8 Å². The minimum atomic E-state index is -0.196. The minimum Gasteiger partial charge on any atom is -0.469 e. The zero-order valence-electron chi connectivity index (χ0n) is 12.8. The molecule has 0 aliphatic heterocycles. The van der Waals surface area contributed by atoms with E-state index >= 15 is 0 Å². The van der Waals surface area contributed by atoms with Crippen LogP contribution in [0.1, 0.15) is 38.2 Å². The van der Waals surface area contributed by atoms with E-state index in [0.29, 0.717) is 24.5 Å². The van der Waals surface area contributed by atoms with E-state index < -0.39 is 0 Å². The highest BCUT2D eigenvalue weighted by Gasteiger charge is 2.01. The number of methoxy groups -OCH3 is 1. The summed E-state index contributed by atoms with van der Waals surface area (Å²) >= 11 is 5.21. The number of anilines is 1. The highest BCUT2D eigenvalue weighted by atomic mass is 32.1. The summed E-state index contributed by atoms with van der Waals surface area (Å²) in [4.78, 5) is 11.0. The molecule has 4 nitrogen and oxygen atoms in total. The molecule has 116 valence electrons. The largest absolute Gasteiger partial charge is 0.469 e. The molecule has 0 unspecified atom stereocenters. The van der Waals surface area contributed by atoms with Crippen molar-refractivity contribution in [2.75, 3.05) is 19.0 Å². The molecule has 0 saturated carbocycles. The van der Waals surface area contributed by atoms with Crippen LogP contribution >= 0.6 is 12.2 Å². The van der Waals surface area contributed by atoms with Gasteiger partial charge in [0.15, 0.2) is 5.11 Å². The number of carbonyl (C=O) groups is 1. The van der Waals surface area contributed by atoms with Crippen LogP contribution in [0.4, 0.5) is 5.69 Å². The van der Waals surface area contributed by atoms with Gasteiger partial charge >= 0.3 is 5.97 Å². The van der Waals surface area contributed by atoms with Gasteiger partial charge in [0.25, 0.3) is 0 Å². The van der Waals surface area contributed by atoms with E-state index in [0.717, 1.165) is 12.1 Å². The van der Waals surface area contributed by atoms with Crippen LogP contribution in [0.3, 0.4) is 0 Å². The van der Waals surface area contributed by atoms with Crippen LogP contribution in [0, 0.1) is 0 Å². The molecule has 0 spiro atoms. The van der Waals surface area contributed by atoms with Gasteiger partial charge in [0, 0.05) is 18.7 Å². The van der Waals surface area contributed by atoms with E-state index in [9.17, 15) is 4.79 Å². The molecule has 2 N–H and O–H groups in total. The van der Waals surface area contributed by atoms with Crippen molar-refractivity contribution in [3.8, 4) is 0 Å². The minimum absolute atomic E-state index is 0.196. The quantitative estimate of drug-likeness (QED) is 0.438. The molecule has 0 heterocycles. The Labute approximate surface area is 132 Å². The molecular weight excluding hydrogens is 284 g/mol. The summed E-state index contributed by atoms with van der Waals surface area (Å²) in [5, 5.41) is 6.77. The first-order valence-electron chi connectivity index (χ1n) is 7.36. The molecule has 0 radical (unpaired) electrons. The van der Waals surface area contributed by atoms with Gasteiger partial charge in [-0.25, -0.2) is 0 Å². The highest BCUT2D eigenvalue weighted by molar-refractivity contribution is 7.80. The number of thiocarbonyl (C=S) groups is 1. The summed E-state index contributed by atoms with van der Waals surface area (Å²) in [6, 6.07) is 8.32. The van der Waals surface area contributed by atoms with Crippen molar-refractivity contribution in [1.82, 2.24) is 5.32 Å². The van der Waals surface area contributed by atoms with Gasteiger partial charge in [-0.15, -0.1) is 0 Å². The summed E-state index contributed by atoms with van der Waals surface area (Å²) in [5.74, 6) is -0.196. The van der Waals surface area contributed by atoms with Gasteiger partial charge in [-0.1, -0.05) is 25.5 Å². The summed E-state index contributed by atoms with van der Waals surface area (Å²) in [5.41, 5.74) is 2.32. The molecule has 0 bridgehead atoms. The Balaban J connectivity index is 2.26. The summed E-state index contributed by atoms with van der Waals surface area (Å²) in [6.45, 7) is 2.84. The van der Waals surface area contributed by atoms with Crippen LogP contribution < -0.4 is 10.6 Å². The molecule has 1 rings (SSSR count). The first kappa shape index (κ1) is 17.4. The Morgan fingerprint density at radius 3 is 2.57 bits per heavy atom. The van der Waals surface area contributed by atoms with Crippen molar-refractivity contribution in [3.63, 3.8) is 0 Å². The second-order valence-electron chi connectivity index (χ2n) is 4.86. The lowest BCUT2D eigenvalue weighted by molar-refractivity contribution is -0.140. The van der Waals surface area contributed by atoms with Gasteiger partial charge in [0.1, 0.15) is 0 Å². The SMILES string of the molecule is CCCCc1ccc(NC(=S)NCCCC(=O)OC)cc1. The third kappa shape index (κ3) is 7.66. The lowest BCUT2D eigenvalue weighted by atomic mass is 10.1. The van der Waals surface area contributed by atoms with Crippen molar-refractivity contribution < 1.29 is 9.53 Å². The predicted molar refractivity (Wildman–Crippen MR) is 90.5 cm³/mol. The molecule has 0 fully saturated rings. The van der Waals surface area contributed by atoms with Crippen LogP contribution in [0.2, 0.25) is 0 Å². The molecule has 0 aromatic heterocycles. The number of hydrogen-bond donors (Lipinski definition) is 2. The third-order valence-corrected chi connectivity index (χ3v) is 3.35. The second kappa shape index (κ2) is 10.2. The maximum absolute atomic E-state index is 11.0. The number of unbranched alkanes of at least 4 members (excludes halogenated alkanes) is 1. The standard InChI is InChI=1S/C16H24N2O2S/c1-3-4-6-13-8-10-14(11-9-13)18-16(21)17-12-5-7-15(19)20-2/h8-11H,3-7,12H2,1-2H3,(H2,17,18,21). The van der Waals surface area contributed by atoms with Crippen LogP contribution in [0.15, 0.2) is 24.3 Å². The molecule has 5 heteroatoms. The lowest BCUT2D eigenvalue weighted by Gasteiger charge is -2.10. The van der Waals surface area contributed by atoms with Crippen LogP contribution in [-0.4, -0.2) is 24.7 Å². The average Bonchev–Trinajstić information content (AvgIpc) is 2.50. The zero-order valence-corrected chi connectivity index (χ0v) is 13.6. The smallest absolute Gasteiger partial charge is 0.305 e. The van der Waals surface area contributed by atoms with E-state index in [1.165, 1.54) is 25.5 Å². The molecule has 0 aliphatic rings. The van der Waals surface area contributed by atoms with Gasteiger partial charge in [0.2, 0.25) is 0 Å². The Kier molecular flexibility index (Phi) is 8.43. The number of hydrogen-bond acceptors (Lipinski definition) is 3. The van der Waals surface area contributed by atoms with E-state index in [1.54, 1.807) is 0 Å². The van der Waals surface area contributed by atoms with Gasteiger partial charge in [-0.05, 0) is 49.2 Å². The number of carbonyl (C=O) groups excluding carboxylic acids is 1. The molecule has 1 aromatic carbocycles. The fourth-order valence-electron chi connectivity index (χ4n) is 1.85. The summed E-state index contributed by atoms with van der Waals surface area (Å²) in [7, 11) is 1.39. The van der Waals surface area contributed by atoms with Gasteiger partial charge in [-0.3, -0.25) is 4.79 Å². The Morgan fingerprint density at radius 1 is 1.24 bits per heavy atom.